The molecule has 0 aliphatic heterocycles. The van der Waals surface area contributed by atoms with Gasteiger partial charge in [-0.3, -0.25) is 16.0 Å². The van der Waals surface area contributed by atoms with Gasteiger partial charge in [-0.05, 0) is 29.5 Å². The van der Waals surface area contributed by atoms with Crippen LogP contribution in [-0.4, -0.2) is 9.78 Å². The summed E-state index contributed by atoms with van der Waals surface area (Å²) in [7, 11) is 1.91. The number of nitrogens with zero attached hydrogens (tertiary/aromatic N) is 2. The molecular weight excluding hydrogens is 291 g/mol. The number of aromatic nitrogens is 2. The zero-order valence-electron chi connectivity index (χ0n) is 8.21. The second-order valence-corrected chi connectivity index (χ2v) is 3.89. The third-order valence-corrected chi connectivity index (χ3v) is 3.27. The van der Waals surface area contributed by atoms with Crippen LogP contribution in [0.1, 0.15) is 24.9 Å². The average Bonchev–Trinajstić information content (AvgIpc) is 2.51. The van der Waals surface area contributed by atoms with Crippen LogP contribution in [0.25, 0.3) is 0 Å². The standard InChI is InChI=1S/C9H13IN4/c1-3-4-5-8(13-11)7-6-12-14(2)9(7)10/h6,8,13H,5,11H2,1-2H3. The van der Waals surface area contributed by atoms with Gasteiger partial charge < -0.3 is 0 Å². The van der Waals surface area contributed by atoms with Gasteiger partial charge in [-0.25, -0.2) is 0 Å². The van der Waals surface area contributed by atoms with Crippen molar-refractivity contribution in [2.75, 3.05) is 0 Å². The first-order chi connectivity index (χ1) is 6.70. The van der Waals surface area contributed by atoms with Gasteiger partial charge >= 0.3 is 0 Å². The Morgan fingerprint density at radius 3 is 2.93 bits per heavy atom. The van der Waals surface area contributed by atoms with E-state index in [1.165, 1.54) is 0 Å². The Morgan fingerprint density at radius 1 is 1.79 bits per heavy atom. The molecule has 14 heavy (non-hydrogen) atoms. The van der Waals surface area contributed by atoms with Crippen LogP contribution in [0, 0.1) is 15.5 Å². The summed E-state index contributed by atoms with van der Waals surface area (Å²) in [6.07, 6.45) is 2.53. The molecule has 1 aromatic heterocycles. The van der Waals surface area contributed by atoms with E-state index in [2.05, 4.69) is 45.0 Å². The van der Waals surface area contributed by atoms with Gasteiger partial charge in [0.1, 0.15) is 3.70 Å². The number of halogens is 1. The molecule has 3 N–H and O–H groups in total. The van der Waals surface area contributed by atoms with Gasteiger partial charge in [0.25, 0.3) is 0 Å². The zero-order valence-corrected chi connectivity index (χ0v) is 10.4. The third kappa shape index (κ3) is 2.47. The highest BCUT2D eigenvalue weighted by atomic mass is 127. The number of rotatable bonds is 3. The summed E-state index contributed by atoms with van der Waals surface area (Å²) in [5.41, 5.74) is 3.84. The van der Waals surface area contributed by atoms with E-state index in [9.17, 15) is 0 Å². The van der Waals surface area contributed by atoms with E-state index in [1.54, 1.807) is 0 Å². The Balaban J connectivity index is 2.87. The Hall–Kier alpha value is -0.580. The summed E-state index contributed by atoms with van der Waals surface area (Å²) >= 11 is 2.25. The molecule has 0 amide bonds. The van der Waals surface area contributed by atoms with E-state index in [0.29, 0.717) is 6.42 Å². The summed E-state index contributed by atoms with van der Waals surface area (Å²) in [4.78, 5) is 0. The fourth-order valence-corrected chi connectivity index (χ4v) is 1.78. The van der Waals surface area contributed by atoms with Gasteiger partial charge in [0.05, 0.1) is 12.2 Å². The van der Waals surface area contributed by atoms with E-state index in [1.807, 2.05) is 24.9 Å². The van der Waals surface area contributed by atoms with Crippen LogP contribution in [0.5, 0.6) is 0 Å². The van der Waals surface area contributed by atoms with Gasteiger partial charge in [0, 0.05) is 19.0 Å². The maximum atomic E-state index is 5.47. The van der Waals surface area contributed by atoms with Crippen molar-refractivity contribution in [2.24, 2.45) is 12.9 Å². The monoisotopic (exact) mass is 304 g/mol. The van der Waals surface area contributed by atoms with E-state index < -0.39 is 0 Å². The van der Waals surface area contributed by atoms with Crippen molar-refractivity contribution in [3.63, 3.8) is 0 Å². The number of hydrazine groups is 1. The minimum Gasteiger partial charge on any atom is -0.271 e. The van der Waals surface area contributed by atoms with Crippen molar-refractivity contribution in [3.05, 3.63) is 15.5 Å². The fourth-order valence-electron chi connectivity index (χ4n) is 1.14. The van der Waals surface area contributed by atoms with Crippen molar-refractivity contribution in [2.45, 2.75) is 19.4 Å². The Morgan fingerprint density at radius 2 is 2.50 bits per heavy atom. The van der Waals surface area contributed by atoms with Crippen LogP contribution in [0.15, 0.2) is 6.20 Å². The molecule has 0 fully saturated rings. The maximum absolute atomic E-state index is 5.47. The molecule has 0 saturated heterocycles. The lowest BCUT2D eigenvalue weighted by Crippen LogP contribution is -2.28. The number of hydrogen-bond acceptors (Lipinski definition) is 3. The third-order valence-electron chi connectivity index (χ3n) is 1.95. The van der Waals surface area contributed by atoms with Crippen LogP contribution in [0.4, 0.5) is 0 Å². The van der Waals surface area contributed by atoms with Crippen LogP contribution >= 0.6 is 22.6 Å². The number of nitrogens with one attached hydrogen (secondary N) is 1. The number of hydrogen-bond donors (Lipinski definition) is 2. The molecule has 1 aromatic rings. The van der Waals surface area contributed by atoms with Gasteiger partial charge in [0.2, 0.25) is 0 Å². The fraction of sp³-hybridized carbons (Fsp3) is 0.444. The van der Waals surface area contributed by atoms with E-state index in [0.717, 1.165) is 9.26 Å². The van der Waals surface area contributed by atoms with E-state index in [4.69, 9.17) is 5.84 Å². The van der Waals surface area contributed by atoms with Gasteiger partial charge in [0.15, 0.2) is 0 Å². The quantitative estimate of drug-likeness (QED) is 0.378. The van der Waals surface area contributed by atoms with Crippen molar-refractivity contribution in [1.82, 2.24) is 15.2 Å². The van der Waals surface area contributed by atoms with Crippen molar-refractivity contribution in [1.29, 1.82) is 0 Å². The Bertz CT molecular complexity index is 361. The van der Waals surface area contributed by atoms with Crippen LogP contribution in [0.2, 0.25) is 0 Å². The first-order valence-corrected chi connectivity index (χ1v) is 5.31. The van der Waals surface area contributed by atoms with Crippen LogP contribution < -0.4 is 11.3 Å². The van der Waals surface area contributed by atoms with Gasteiger partial charge in [-0.15, -0.1) is 11.8 Å². The molecule has 0 bridgehead atoms. The van der Waals surface area contributed by atoms with E-state index in [-0.39, 0.29) is 6.04 Å². The zero-order chi connectivity index (χ0) is 10.6. The normalized spacial score (nSPS) is 12.0. The molecule has 76 valence electrons. The lowest BCUT2D eigenvalue weighted by molar-refractivity contribution is 0.564. The second kappa shape index (κ2) is 5.34. The predicted molar refractivity (Wildman–Crippen MR) is 64.1 cm³/mol. The lowest BCUT2D eigenvalue weighted by Gasteiger charge is -2.11. The summed E-state index contributed by atoms with van der Waals surface area (Å²) in [5.74, 6) is 11.3. The summed E-state index contributed by atoms with van der Waals surface area (Å²) in [6, 6.07) is 0.0584. The molecule has 5 heteroatoms. The highest BCUT2D eigenvalue weighted by Gasteiger charge is 2.14. The summed E-state index contributed by atoms with van der Waals surface area (Å²) in [6.45, 7) is 1.82. The largest absolute Gasteiger partial charge is 0.271 e. The highest BCUT2D eigenvalue weighted by molar-refractivity contribution is 14.1. The van der Waals surface area contributed by atoms with Crippen molar-refractivity contribution in [3.8, 4) is 11.8 Å². The summed E-state index contributed by atoms with van der Waals surface area (Å²) in [5, 5.41) is 4.16. The molecule has 0 aliphatic carbocycles. The van der Waals surface area contributed by atoms with E-state index >= 15 is 0 Å². The average molecular weight is 304 g/mol. The molecule has 4 nitrogen and oxygen atoms in total. The first kappa shape index (κ1) is 11.5. The molecule has 0 saturated carbocycles. The number of aryl methyl sites for hydroxylation is 1. The topological polar surface area (TPSA) is 55.9 Å². The molecule has 1 heterocycles. The Labute approximate surface area is 97.3 Å². The summed E-state index contributed by atoms with van der Waals surface area (Å²) < 4.78 is 2.91. The van der Waals surface area contributed by atoms with Crippen LogP contribution in [0.3, 0.4) is 0 Å². The minimum atomic E-state index is 0.0584. The predicted octanol–water partition coefficient (Wildman–Crippen LogP) is 0.942. The molecule has 0 aromatic carbocycles. The molecule has 0 radical (unpaired) electrons. The van der Waals surface area contributed by atoms with Crippen molar-refractivity contribution >= 4 is 22.6 Å². The number of nitrogens with two attached hydrogens (primary N) is 1. The molecule has 1 atom stereocenters. The lowest BCUT2D eigenvalue weighted by atomic mass is 10.1. The van der Waals surface area contributed by atoms with Gasteiger partial charge in [-0.1, -0.05) is 0 Å². The SMILES string of the molecule is CC#CCC(NN)c1cnn(C)c1I. The first-order valence-electron chi connectivity index (χ1n) is 4.23. The maximum Gasteiger partial charge on any atom is 0.103 e. The van der Waals surface area contributed by atoms with Crippen LogP contribution in [-0.2, 0) is 7.05 Å². The highest BCUT2D eigenvalue weighted by Crippen LogP contribution is 2.20. The smallest absolute Gasteiger partial charge is 0.103 e. The molecule has 0 aliphatic rings. The molecular formula is C9H13IN4. The Kier molecular flexibility index (Phi) is 4.38. The molecule has 0 spiro atoms. The second-order valence-electron chi connectivity index (χ2n) is 2.86. The molecule has 1 unspecified atom stereocenters. The minimum absolute atomic E-state index is 0.0584. The molecule has 1 rings (SSSR count). The van der Waals surface area contributed by atoms with Gasteiger partial charge in [-0.2, -0.15) is 5.10 Å². The van der Waals surface area contributed by atoms with Crippen molar-refractivity contribution < 1.29 is 0 Å².